The lowest BCUT2D eigenvalue weighted by molar-refractivity contribution is -0.121. The molecule has 1 fully saturated rings. The van der Waals surface area contributed by atoms with Crippen LogP contribution in [0.5, 0.6) is 0 Å². The van der Waals surface area contributed by atoms with Gasteiger partial charge in [-0.15, -0.1) is 0 Å². The largest absolute Gasteiger partial charge is 0.352 e. The van der Waals surface area contributed by atoms with Crippen molar-refractivity contribution in [3.63, 3.8) is 0 Å². The lowest BCUT2D eigenvalue weighted by Gasteiger charge is -2.12. The quantitative estimate of drug-likeness (QED) is 0.615. The van der Waals surface area contributed by atoms with Gasteiger partial charge in [-0.25, -0.2) is 0 Å². The summed E-state index contributed by atoms with van der Waals surface area (Å²) < 4.78 is 0. The molecular formula is C9H19N3O. The highest BCUT2D eigenvalue weighted by molar-refractivity contribution is 5.76. The van der Waals surface area contributed by atoms with Crippen molar-refractivity contribution in [2.24, 2.45) is 0 Å². The van der Waals surface area contributed by atoms with Gasteiger partial charge in [-0.1, -0.05) is 0 Å². The van der Waals surface area contributed by atoms with Crippen LogP contribution in [-0.2, 0) is 4.79 Å². The highest BCUT2D eigenvalue weighted by Gasteiger charge is 2.20. The van der Waals surface area contributed by atoms with E-state index in [1.54, 1.807) is 0 Å². The molecule has 0 aromatic heterocycles. The Labute approximate surface area is 79.7 Å². The summed E-state index contributed by atoms with van der Waals surface area (Å²) in [6.45, 7) is 2.84. The van der Waals surface area contributed by atoms with Crippen LogP contribution in [0.15, 0.2) is 0 Å². The van der Waals surface area contributed by atoms with Gasteiger partial charge in [-0.05, 0) is 27.1 Å². The Morgan fingerprint density at radius 3 is 2.92 bits per heavy atom. The molecule has 1 unspecified atom stereocenters. The standard InChI is InChI=1S/C9H19N3O/c1-10-5-3-9(13)11-8-4-6-12(2)7-8/h8,10H,3-7H2,1-2H3,(H,11,13). The second kappa shape index (κ2) is 5.19. The Hall–Kier alpha value is -0.610. The van der Waals surface area contributed by atoms with E-state index in [2.05, 4.69) is 22.6 Å². The van der Waals surface area contributed by atoms with Crippen molar-refractivity contribution in [1.82, 2.24) is 15.5 Å². The number of likely N-dealkylation sites (N-methyl/N-ethyl adjacent to an activating group) is 1. The lowest BCUT2D eigenvalue weighted by atomic mass is 10.2. The molecule has 4 nitrogen and oxygen atoms in total. The highest BCUT2D eigenvalue weighted by atomic mass is 16.1. The molecule has 0 aliphatic carbocycles. The minimum Gasteiger partial charge on any atom is -0.352 e. The van der Waals surface area contributed by atoms with Crippen LogP contribution in [0.2, 0.25) is 0 Å². The van der Waals surface area contributed by atoms with Crippen LogP contribution in [0, 0.1) is 0 Å². The van der Waals surface area contributed by atoms with Crippen LogP contribution in [0.3, 0.4) is 0 Å². The molecule has 1 aliphatic heterocycles. The number of hydrogen-bond acceptors (Lipinski definition) is 3. The number of rotatable bonds is 4. The van der Waals surface area contributed by atoms with Gasteiger partial charge in [0.1, 0.15) is 0 Å². The molecule has 0 aromatic rings. The minimum atomic E-state index is 0.162. The molecule has 1 saturated heterocycles. The van der Waals surface area contributed by atoms with Gasteiger partial charge in [-0.2, -0.15) is 0 Å². The zero-order chi connectivity index (χ0) is 9.68. The summed E-state index contributed by atoms with van der Waals surface area (Å²) in [7, 11) is 3.94. The molecule has 1 aliphatic rings. The summed E-state index contributed by atoms with van der Waals surface area (Å²) in [6, 6.07) is 0.370. The number of carbonyl (C=O) groups excluding carboxylic acids is 1. The molecule has 1 atom stereocenters. The van der Waals surface area contributed by atoms with Crippen molar-refractivity contribution >= 4 is 5.91 Å². The van der Waals surface area contributed by atoms with E-state index in [0.29, 0.717) is 12.5 Å². The van der Waals surface area contributed by atoms with E-state index in [-0.39, 0.29) is 5.91 Å². The Kier molecular flexibility index (Phi) is 4.18. The molecule has 1 amide bonds. The average Bonchev–Trinajstić information content (AvgIpc) is 2.48. The summed E-state index contributed by atoms with van der Waals surface area (Å²) in [5, 5.41) is 5.98. The van der Waals surface area contributed by atoms with E-state index in [9.17, 15) is 4.79 Å². The fraction of sp³-hybridized carbons (Fsp3) is 0.889. The molecule has 2 N–H and O–H groups in total. The summed E-state index contributed by atoms with van der Waals surface area (Å²) in [4.78, 5) is 13.5. The Balaban J connectivity index is 2.13. The predicted octanol–water partition coefficient (Wildman–Crippen LogP) is -0.584. The number of hydrogen-bond donors (Lipinski definition) is 2. The van der Waals surface area contributed by atoms with Gasteiger partial charge in [0, 0.05) is 25.6 Å². The maximum atomic E-state index is 11.3. The average molecular weight is 185 g/mol. The fourth-order valence-corrected chi connectivity index (χ4v) is 1.59. The molecule has 13 heavy (non-hydrogen) atoms. The van der Waals surface area contributed by atoms with E-state index in [4.69, 9.17) is 0 Å². The zero-order valence-electron chi connectivity index (χ0n) is 8.47. The normalized spacial score (nSPS) is 23.4. The van der Waals surface area contributed by atoms with Crippen LogP contribution in [0.1, 0.15) is 12.8 Å². The van der Waals surface area contributed by atoms with Crippen molar-refractivity contribution in [3.05, 3.63) is 0 Å². The first-order chi connectivity index (χ1) is 6.22. The second-order valence-electron chi connectivity index (χ2n) is 3.67. The first-order valence-electron chi connectivity index (χ1n) is 4.85. The smallest absolute Gasteiger partial charge is 0.221 e. The van der Waals surface area contributed by atoms with Gasteiger partial charge in [0.05, 0.1) is 0 Å². The van der Waals surface area contributed by atoms with E-state index < -0.39 is 0 Å². The van der Waals surface area contributed by atoms with Gasteiger partial charge >= 0.3 is 0 Å². The third-order valence-electron chi connectivity index (χ3n) is 2.36. The van der Waals surface area contributed by atoms with Crippen LogP contribution >= 0.6 is 0 Å². The van der Waals surface area contributed by atoms with Gasteiger partial charge in [-0.3, -0.25) is 4.79 Å². The number of likely N-dealkylation sites (tertiary alicyclic amines) is 1. The van der Waals surface area contributed by atoms with Crippen molar-refractivity contribution in [1.29, 1.82) is 0 Å². The van der Waals surface area contributed by atoms with Crippen molar-refractivity contribution < 1.29 is 4.79 Å². The highest BCUT2D eigenvalue weighted by Crippen LogP contribution is 2.05. The number of nitrogens with one attached hydrogen (secondary N) is 2. The third kappa shape index (κ3) is 3.74. The molecule has 0 radical (unpaired) electrons. The summed E-state index contributed by atoms with van der Waals surface area (Å²) in [6.07, 6.45) is 1.67. The van der Waals surface area contributed by atoms with Gasteiger partial charge < -0.3 is 15.5 Å². The summed E-state index contributed by atoms with van der Waals surface area (Å²) in [5.74, 6) is 0.162. The SMILES string of the molecule is CNCCC(=O)NC1CCN(C)C1. The maximum absolute atomic E-state index is 11.3. The van der Waals surface area contributed by atoms with Crippen molar-refractivity contribution in [3.8, 4) is 0 Å². The summed E-state index contributed by atoms with van der Waals surface area (Å²) >= 11 is 0. The Bertz CT molecular complexity index is 172. The van der Waals surface area contributed by atoms with Crippen LogP contribution < -0.4 is 10.6 Å². The predicted molar refractivity (Wildman–Crippen MR) is 52.6 cm³/mol. The maximum Gasteiger partial charge on any atom is 0.221 e. The van der Waals surface area contributed by atoms with E-state index in [1.807, 2.05) is 7.05 Å². The molecule has 0 aromatic carbocycles. The number of nitrogens with zero attached hydrogens (tertiary/aromatic N) is 1. The molecule has 1 rings (SSSR count). The van der Waals surface area contributed by atoms with Crippen LogP contribution in [-0.4, -0.2) is 50.6 Å². The molecule has 4 heteroatoms. The zero-order valence-corrected chi connectivity index (χ0v) is 8.47. The first-order valence-corrected chi connectivity index (χ1v) is 4.85. The second-order valence-corrected chi connectivity index (χ2v) is 3.67. The molecular weight excluding hydrogens is 166 g/mol. The van der Waals surface area contributed by atoms with Crippen molar-refractivity contribution in [2.75, 3.05) is 33.7 Å². The molecule has 76 valence electrons. The van der Waals surface area contributed by atoms with Gasteiger partial charge in [0.2, 0.25) is 5.91 Å². The van der Waals surface area contributed by atoms with E-state index in [0.717, 1.165) is 26.1 Å². The number of amides is 1. The van der Waals surface area contributed by atoms with Gasteiger partial charge in [0.25, 0.3) is 0 Å². The van der Waals surface area contributed by atoms with E-state index in [1.165, 1.54) is 0 Å². The lowest BCUT2D eigenvalue weighted by Crippen LogP contribution is -2.37. The van der Waals surface area contributed by atoms with Crippen LogP contribution in [0.25, 0.3) is 0 Å². The molecule has 1 heterocycles. The third-order valence-corrected chi connectivity index (χ3v) is 2.36. The fourth-order valence-electron chi connectivity index (χ4n) is 1.59. The monoisotopic (exact) mass is 185 g/mol. The first kappa shape index (κ1) is 10.5. The minimum absolute atomic E-state index is 0.162. The Morgan fingerprint density at radius 1 is 1.62 bits per heavy atom. The number of carbonyl (C=O) groups is 1. The molecule has 0 spiro atoms. The molecule has 0 saturated carbocycles. The van der Waals surface area contributed by atoms with Crippen molar-refractivity contribution in [2.45, 2.75) is 18.9 Å². The Morgan fingerprint density at radius 2 is 2.38 bits per heavy atom. The van der Waals surface area contributed by atoms with Crippen LogP contribution in [0.4, 0.5) is 0 Å². The summed E-state index contributed by atoms with van der Waals surface area (Å²) in [5.41, 5.74) is 0. The molecule has 0 bridgehead atoms. The topological polar surface area (TPSA) is 44.4 Å². The van der Waals surface area contributed by atoms with E-state index >= 15 is 0 Å². The van der Waals surface area contributed by atoms with Gasteiger partial charge in [0.15, 0.2) is 0 Å².